The Bertz CT molecular complexity index is 852. The lowest BCUT2D eigenvalue weighted by molar-refractivity contribution is 0.414. The second-order valence-corrected chi connectivity index (χ2v) is 6.57. The van der Waals surface area contributed by atoms with E-state index in [1.165, 1.54) is 0 Å². The summed E-state index contributed by atoms with van der Waals surface area (Å²) in [6.07, 6.45) is 1.77. The van der Waals surface area contributed by atoms with Gasteiger partial charge in [-0.05, 0) is 43.3 Å². The van der Waals surface area contributed by atoms with Gasteiger partial charge in [-0.3, -0.25) is 0 Å². The smallest absolute Gasteiger partial charge is 0.132 e. The molecule has 3 N–H and O–H groups in total. The minimum absolute atomic E-state index is 0.514. The molecule has 6 heteroatoms. The van der Waals surface area contributed by atoms with Gasteiger partial charge in [0.15, 0.2) is 0 Å². The topological polar surface area (TPSA) is 73.1 Å². The summed E-state index contributed by atoms with van der Waals surface area (Å²) in [5.74, 6) is 2.04. The molecule has 0 unspecified atom stereocenters. The molecule has 0 fully saturated rings. The Hall–Kier alpha value is -2.73. The molecular weight excluding hydrogens is 332 g/mol. The standard InChI is InChI=1S/C19H20N4OS/c1-13-21-11-14(19(20)23-13)12-22-17-5-3-4-6-18(17)25-16-9-7-15(24-2)8-10-16/h3-11,22H,12H2,1-2H3,(H2,20,21,23). The minimum atomic E-state index is 0.514. The fourth-order valence-electron chi connectivity index (χ4n) is 2.31. The van der Waals surface area contributed by atoms with E-state index in [4.69, 9.17) is 10.5 Å². The molecule has 0 radical (unpaired) electrons. The second-order valence-electron chi connectivity index (χ2n) is 5.45. The number of nitrogens with zero attached hydrogens (tertiary/aromatic N) is 2. The fraction of sp³-hybridized carbons (Fsp3) is 0.158. The highest BCUT2D eigenvalue weighted by atomic mass is 32.2. The van der Waals surface area contributed by atoms with Crippen molar-refractivity contribution in [2.45, 2.75) is 23.3 Å². The Kier molecular flexibility index (Phi) is 5.40. The maximum Gasteiger partial charge on any atom is 0.132 e. The predicted molar refractivity (Wildman–Crippen MR) is 102 cm³/mol. The monoisotopic (exact) mass is 352 g/mol. The van der Waals surface area contributed by atoms with Crippen molar-refractivity contribution in [3.63, 3.8) is 0 Å². The van der Waals surface area contributed by atoms with Gasteiger partial charge in [-0.2, -0.15) is 0 Å². The number of hydrogen-bond donors (Lipinski definition) is 2. The summed E-state index contributed by atoms with van der Waals surface area (Å²) in [5.41, 5.74) is 7.90. The van der Waals surface area contributed by atoms with Crippen LogP contribution in [0.15, 0.2) is 64.5 Å². The number of methoxy groups -OCH3 is 1. The van der Waals surface area contributed by atoms with Crippen LogP contribution >= 0.6 is 11.8 Å². The minimum Gasteiger partial charge on any atom is -0.497 e. The molecule has 0 saturated carbocycles. The molecule has 25 heavy (non-hydrogen) atoms. The third kappa shape index (κ3) is 4.42. The molecule has 5 nitrogen and oxygen atoms in total. The van der Waals surface area contributed by atoms with Crippen molar-refractivity contribution in [1.29, 1.82) is 0 Å². The summed E-state index contributed by atoms with van der Waals surface area (Å²) in [7, 11) is 1.67. The molecule has 0 amide bonds. The average molecular weight is 352 g/mol. The molecule has 1 heterocycles. The third-order valence-corrected chi connectivity index (χ3v) is 4.75. The van der Waals surface area contributed by atoms with Crippen LogP contribution in [0.4, 0.5) is 11.5 Å². The number of nitrogen functional groups attached to an aromatic ring is 1. The van der Waals surface area contributed by atoms with E-state index in [1.807, 2.05) is 43.3 Å². The number of nitrogens with one attached hydrogen (secondary N) is 1. The molecule has 0 bridgehead atoms. The van der Waals surface area contributed by atoms with E-state index in [-0.39, 0.29) is 0 Å². The van der Waals surface area contributed by atoms with E-state index >= 15 is 0 Å². The number of rotatable bonds is 6. The van der Waals surface area contributed by atoms with E-state index < -0.39 is 0 Å². The summed E-state index contributed by atoms with van der Waals surface area (Å²) in [4.78, 5) is 10.7. The number of ether oxygens (including phenoxy) is 1. The molecule has 0 atom stereocenters. The molecule has 0 spiro atoms. The van der Waals surface area contributed by atoms with Gasteiger partial charge in [0.2, 0.25) is 0 Å². The van der Waals surface area contributed by atoms with Crippen LogP contribution in [0.25, 0.3) is 0 Å². The number of hydrogen-bond acceptors (Lipinski definition) is 6. The summed E-state index contributed by atoms with van der Waals surface area (Å²) in [5, 5.41) is 3.43. The molecule has 2 aromatic carbocycles. The van der Waals surface area contributed by atoms with Crippen LogP contribution in [0, 0.1) is 6.92 Å². The first-order chi connectivity index (χ1) is 12.2. The van der Waals surface area contributed by atoms with Crippen LogP contribution in [0.3, 0.4) is 0 Å². The zero-order valence-electron chi connectivity index (χ0n) is 14.2. The normalized spacial score (nSPS) is 10.5. The largest absolute Gasteiger partial charge is 0.497 e. The first kappa shape index (κ1) is 17.1. The summed E-state index contributed by atoms with van der Waals surface area (Å²) >= 11 is 1.69. The lowest BCUT2D eigenvalue weighted by atomic mass is 10.2. The van der Waals surface area contributed by atoms with Gasteiger partial charge in [-0.1, -0.05) is 23.9 Å². The number of nitrogens with two attached hydrogens (primary N) is 1. The number of aromatic nitrogens is 2. The first-order valence-corrected chi connectivity index (χ1v) is 8.70. The van der Waals surface area contributed by atoms with Gasteiger partial charge in [-0.15, -0.1) is 0 Å². The van der Waals surface area contributed by atoms with E-state index in [0.717, 1.165) is 26.8 Å². The number of aryl methyl sites for hydroxylation is 1. The van der Waals surface area contributed by atoms with Gasteiger partial charge in [-0.25, -0.2) is 9.97 Å². The molecule has 3 aromatic rings. The van der Waals surface area contributed by atoms with Crippen molar-refractivity contribution in [2.24, 2.45) is 0 Å². The van der Waals surface area contributed by atoms with Crippen LogP contribution in [0.2, 0.25) is 0 Å². The van der Waals surface area contributed by atoms with Crippen molar-refractivity contribution in [3.8, 4) is 5.75 Å². The van der Waals surface area contributed by atoms with Crippen LogP contribution in [0.5, 0.6) is 5.75 Å². The maximum atomic E-state index is 5.97. The molecule has 3 rings (SSSR count). The Morgan fingerprint density at radius 2 is 1.88 bits per heavy atom. The SMILES string of the molecule is COc1ccc(Sc2ccccc2NCc2cnc(C)nc2N)cc1. The predicted octanol–water partition coefficient (Wildman–Crippen LogP) is 4.14. The van der Waals surface area contributed by atoms with Gasteiger partial charge in [0.25, 0.3) is 0 Å². The number of benzene rings is 2. The van der Waals surface area contributed by atoms with Crippen molar-refractivity contribution >= 4 is 23.3 Å². The van der Waals surface area contributed by atoms with Crippen molar-refractivity contribution in [1.82, 2.24) is 9.97 Å². The average Bonchev–Trinajstić information content (AvgIpc) is 2.63. The van der Waals surface area contributed by atoms with Gasteiger partial charge in [0, 0.05) is 33.8 Å². The van der Waals surface area contributed by atoms with Crippen LogP contribution in [-0.4, -0.2) is 17.1 Å². The van der Waals surface area contributed by atoms with Gasteiger partial charge in [0.1, 0.15) is 17.4 Å². The Labute approximate surface area is 151 Å². The molecule has 128 valence electrons. The zero-order valence-corrected chi connectivity index (χ0v) is 15.0. The summed E-state index contributed by atoms with van der Waals surface area (Å²) < 4.78 is 5.20. The molecule has 0 aliphatic carbocycles. The molecule has 0 saturated heterocycles. The Balaban J connectivity index is 1.73. The maximum absolute atomic E-state index is 5.97. The zero-order chi connectivity index (χ0) is 17.6. The van der Waals surface area contributed by atoms with Crippen LogP contribution < -0.4 is 15.8 Å². The Morgan fingerprint density at radius 3 is 2.60 bits per heavy atom. The van der Waals surface area contributed by atoms with Gasteiger partial charge < -0.3 is 15.8 Å². The van der Waals surface area contributed by atoms with Gasteiger partial charge in [0.05, 0.1) is 7.11 Å². The molecule has 0 aliphatic heterocycles. The number of para-hydroxylation sites is 1. The summed E-state index contributed by atoms with van der Waals surface area (Å²) in [6, 6.07) is 16.2. The quantitative estimate of drug-likeness (QED) is 0.695. The van der Waals surface area contributed by atoms with E-state index in [2.05, 4.69) is 27.4 Å². The highest BCUT2D eigenvalue weighted by Crippen LogP contribution is 2.34. The van der Waals surface area contributed by atoms with Crippen molar-refractivity contribution in [3.05, 3.63) is 66.1 Å². The first-order valence-electron chi connectivity index (χ1n) is 7.88. The lowest BCUT2D eigenvalue weighted by Crippen LogP contribution is -2.07. The van der Waals surface area contributed by atoms with Gasteiger partial charge >= 0.3 is 0 Å². The summed E-state index contributed by atoms with van der Waals surface area (Å²) in [6.45, 7) is 2.40. The van der Waals surface area contributed by atoms with E-state index in [9.17, 15) is 0 Å². The van der Waals surface area contributed by atoms with Crippen molar-refractivity contribution < 1.29 is 4.74 Å². The van der Waals surface area contributed by atoms with Crippen molar-refractivity contribution in [2.75, 3.05) is 18.2 Å². The Morgan fingerprint density at radius 1 is 1.12 bits per heavy atom. The second kappa shape index (κ2) is 7.90. The van der Waals surface area contributed by atoms with E-state index in [0.29, 0.717) is 18.2 Å². The van der Waals surface area contributed by atoms with Crippen LogP contribution in [0.1, 0.15) is 11.4 Å². The highest BCUT2D eigenvalue weighted by molar-refractivity contribution is 7.99. The molecular formula is C19H20N4OS. The highest BCUT2D eigenvalue weighted by Gasteiger charge is 2.06. The third-order valence-electron chi connectivity index (χ3n) is 3.66. The van der Waals surface area contributed by atoms with Crippen LogP contribution in [-0.2, 0) is 6.54 Å². The molecule has 0 aliphatic rings. The molecule has 1 aromatic heterocycles. The number of anilines is 2. The lowest BCUT2D eigenvalue weighted by Gasteiger charge is -2.13. The van der Waals surface area contributed by atoms with E-state index in [1.54, 1.807) is 25.1 Å². The fourth-order valence-corrected chi connectivity index (χ4v) is 3.23.